The van der Waals surface area contributed by atoms with Crippen molar-refractivity contribution in [2.24, 2.45) is 0 Å². The predicted molar refractivity (Wildman–Crippen MR) is 69.3 cm³/mol. The third-order valence-corrected chi connectivity index (χ3v) is 3.58. The minimum atomic E-state index is -0.551. The number of pyridine rings is 1. The van der Waals surface area contributed by atoms with Crippen LogP contribution in [0.5, 0.6) is 5.88 Å². The molecule has 0 aliphatic heterocycles. The van der Waals surface area contributed by atoms with Crippen molar-refractivity contribution in [2.45, 2.75) is 0 Å². The zero-order valence-electron chi connectivity index (χ0n) is 9.85. The molecule has 6 heteroatoms. The Kier molecular flexibility index (Phi) is 2.87. The van der Waals surface area contributed by atoms with Gasteiger partial charge in [-0.3, -0.25) is 0 Å². The number of hydrogen-bond donors (Lipinski definition) is 0. The lowest BCUT2D eigenvalue weighted by molar-refractivity contribution is 0.402. The summed E-state index contributed by atoms with van der Waals surface area (Å²) in [5.74, 6) is -0.0436. The lowest BCUT2D eigenvalue weighted by Gasteiger charge is -2.05. The van der Waals surface area contributed by atoms with Gasteiger partial charge in [0, 0.05) is 11.8 Å². The monoisotopic (exact) mass is 278 g/mol. The van der Waals surface area contributed by atoms with Gasteiger partial charge in [-0.05, 0) is 17.7 Å². The third-order valence-electron chi connectivity index (χ3n) is 2.71. The van der Waals surface area contributed by atoms with Gasteiger partial charge in [0.15, 0.2) is 0 Å². The number of halogens is 2. The van der Waals surface area contributed by atoms with E-state index in [9.17, 15) is 8.78 Å². The van der Waals surface area contributed by atoms with Gasteiger partial charge in [0.1, 0.15) is 11.3 Å². The van der Waals surface area contributed by atoms with Crippen LogP contribution in [0.2, 0.25) is 0 Å². The fourth-order valence-electron chi connectivity index (χ4n) is 1.85. The fourth-order valence-corrected chi connectivity index (χ4v) is 2.66. The van der Waals surface area contributed by atoms with E-state index < -0.39 is 5.26 Å². The quantitative estimate of drug-likeness (QED) is 0.717. The second-order valence-corrected chi connectivity index (χ2v) is 4.78. The van der Waals surface area contributed by atoms with Crippen molar-refractivity contribution in [2.75, 3.05) is 7.11 Å². The number of ether oxygens (including phenoxy) is 1. The van der Waals surface area contributed by atoms with Gasteiger partial charge in [0.25, 0.3) is 5.26 Å². The van der Waals surface area contributed by atoms with Crippen molar-refractivity contribution in [3.8, 4) is 17.0 Å². The topological polar surface area (TPSA) is 35.0 Å². The molecule has 0 spiro atoms. The van der Waals surface area contributed by atoms with E-state index >= 15 is 0 Å². The van der Waals surface area contributed by atoms with E-state index in [1.165, 1.54) is 19.2 Å². The van der Waals surface area contributed by atoms with Crippen molar-refractivity contribution >= 4 is 21.6 Å². The highest BCUT2D eigenvalue weighted by Gasteiger charge is 2.15. The molecule has 0 radical (unpaired) electrons. The summed E-state index contributed by atoms with van der Waals surface area (Å²) in [6.07, 6.45) is 1.58. The smallest absolute Gasteiger partial charge is 0.270 e. The van der Waals surface area contributed by atoms with Crippen LogP contribution in [0.4, 0.5) is 8.78 Å². The molecule has 0 unspecified atom stereocenters. The van der Waals surface area contributed by atoms with Crippen LogP contribution in [0, 0.1) is 11.1 Å². The average Bonchev–Trinajstić information content (AvgIpc) is 2.80. The normalized spacial score (nSPS) is 10.9. The van der Waals surface area contributed by atoms with E-state index in [2.05, 4.69) is 9.97 Å². The summed E-state index contributed by atoms with van der Waals surface area (Å²) < 4.78 is 32.0. The molecule has 0 fully saturated rings. The van der Waals surface area contributed by atoms with Gasteiger partial charge in [-0.1, -0.05) is 23.5 Å². The SMILES string of the molecule is COc1ncc(-c2ccc(F)cc2)c2sc(F)nc12. The van der Waals surface area contributed by atoms with Crippen molar-refractivity contribution in [1.29, 1.82) is 0 Å². The number of rotatable bonds is 2. The number of aromatic nitrogens is 2. The number of hydrogen-bond acceptors (Lipinski definition) is 4. The first kappa shape index (κ1) is 12.0. The molecule has 3 rings (SSSR count). The summed E-state index contributed by atoms with van der Waals surface area (Å²) in [4.78, 5) is 7.88. The minimum absolute atomic E-state index is 0.279. The Labute approximate surface area is 111 Å². The van der Waals surface area contributed by atoms with Crippen LogP contribution < -0.4 is 4.74 Å². The Morgan fingerprint density at radius 2 is 1.89 bits per heavy atom. The highest BCUT2D eigenvalue weighted by molar-refractivity contribution is 7.17. The van der Waals surface area contributed by atoms with Crippen LogP contribution in [0.25, 0.3) is 21.3 Å². The maximum Gasteiger partial charge on any atom is 0.270 e. The standard InChI is InChI=1S/C13H8F2N2OS/c1-18-12-10-11(19-13(15)17-10)9(6-16-12)7-2-4-8(14)5-3-7/h2-6H,1H3. The Bertz CT molecular complexity index is 740. The van der Waals surface area contributed by atoms with Crippen LogP contribution in [0.1, 0.15) is 0 Å². The van der Waals surface area contributed by atoms with E-state index in [0.717, 1.165) is 16.9 Å². The molecule has 0 atom stereocenters. The average molecular weight is 278 g/mol. The first-order chi connectivity index (χ1) is 9.19. The second kappa shape index (κ2) is 4.55. The van der Waals surface area contributed by atoms with Gasteiger partial charge in [0.2, 0.25) is 5.88 Å². The molecule has 3 aromatic rings. The summed E-state index contributed by atoms with van der Waals surface area (Å²) in [5, 5.41) is -0.551. The van der Waals surface area contributed by atoms with E-state index in [0.29, 0.717) is 15.8 Å². The lowest BCUT2D eigenvalue weighted by Crippen LogP contribution is -1.90. The van der Waals surface area contributed by atoms with E-state index in [1.54, 1.807) is 18.3 Å². The Morgan fingerprint density at radius 1 is 1.16 bits per heavy atom. The summed E-state index contributed by atoms with van der Waals surface area (Å²) in [6.45, 7) is 0. The Balaban J connectivity index is 2.27. The lowest BCUT2D eigenvalue weighted by atomic mass is 10.1. The first-order valence-corrected chi connectivity index (χ1v) is 6.25. The molecule has 2 aromatic heterocycles. The molecule has 0 bridgehead atoms. The van der Waals surface area contributed by atoms with Gasteiger partial charge in [-0.25, -0.2) is 14.4 Å². The van der Waals surface area contributed by atoms with Crippen molar-refractivity contribution in [1.82, 2.24) is 9.97 Å². The second-order valence-electron chi connectivity index (χ2n) is 3.83. The molecule has 0 N–H and O–H groups in total. The van der Waals surface area contributed by atoms with Crippen LogP contribution in [-0.2, 0) is 0 Å². The highest BCUT2D eigenvalue weighted by Crippen LogP contribution is 2.35. The zero-order valence-corrected chi connectivity index (χ0v) is 10.7. The predicted octanol–water partition coefficient (Wildman–Crippen LogP) is 3.65. The molecule has 0 saturated carbocycles. The van der Waals surface area contributed by atoms with Crippen LogP contribution in [0.3, 0.4) is 0 Å². The summed E-state index contributed by atoms with van der Waals surface area (Å²) in [7, 11) is 1.45. The largest absolute Gasteiger partial charge is 0.479 e. The van der Waals surface area contributed by atoms with Crippen LogP contribution in [-0.4, -0.2) is 17.1 Å². The van der Waals surface area contributed by atoms with Crippen molar-refractivity contribution in [3.05, 3.63) is 41.5 Å². The maximum absolute atomic E-state index is 13.4. The van der Waals surface area contributed by atoms with E-state index in [-0.39, 0.29) is 11.7 Å². The molecule has 1 aromatic carbocycles. The highest BCUT2D eigenvalue weighted by atomic mass is 32.1. The van der Waals surface area contributed by atoms with Gasteiger partial charge >= 0.3 is 0 Å². The van der Waals surface area contributed by atoms with E-state index in [1.807, 2.05) is 0 Å². The summed E-state index contributed by atoms with van der Waals surface area (Å²) in [5.41, 5.74) is 1.84. The third kappa shape index (κ3) is 2.04. The molecule has 0 amide bonds. The maximum atomic E-state index is 13.4. The number of benzene rings is 1. The van der Waals surface area contributed by atoms with Crippen molar-refractivity contribution < 1.29 is 13.5 Å². The van der Waals surface area contributed by atoms with E-state index in [4.69, 9.17) is 4.74 Å². The Hall–Kier alpha value is -2.08. The molecule has 19 heavy (non-hydrogen) atoms. The number of nitrogens with zero attached hydrogens (tertiary/aromatic N) is 2. The van der Waals surface area contributed by atoms with Gasteiger partial charge < -0.3 is 4.74 Å². The number of fused-ring (bicyclic) bond motifs is 1. The van der Waals surface area contributed by atoms with Crippen molar-refractivity contribution in [3.63, 3.8) is 0 Å². The molecular weight excluding hydrogens is 270 g/mol. The van der Waals surface area contributed by atoms with Crippen LogP contribution in [0.15, 0.2) is 30.5 Å². The minimum Gasteiger partial charge on any atom is -0.479 e. The number of methoxy groups -OCH3 is 1. The molecule has 0 aliphatic rings. The zero-order chi connectivity index (χ0) is 13.4. The fraction of sp³-hybridized carbons (Fsp3) is 0.0769. The number of thiazole rings is 1. The molecular formula is C13H8F2N2OS. The molecule has 2 heterocycles. The van der Waals surface area contributed by atoms with Gasteiger partial charge in [-0.2, -0.15) is 4.39 Å². The molecule has 3 nitrogen and oxygen atoms in total. The Morgan fingerprint density at radius 3 is 2.58 bits per heavy atom. The first-order valence-electron chi connectivity index (χ1n) is 5.44. The summed E-state index contributed by atoms with van der Waals surface area (Å²) >= 11 is 0.916. The van der Waals surface area contributed by atoms with Crippen LogP contribution >= 0.6 is 11.3 Å². The molecule has 0 saturated heterocycles. The molecule has 96 valence electrons. The van der Waals surface area contributed by atoms with Gasteiger partial charge in [-0.15, -0.1) is 0 Å². The van der Waals surface area contributed by atoms with Gasteiger partial charge in [0.05, 0.1) is 11.8 Å². The summed E-state index contributed by atoms with van der Waals surface area (Å²) in [6, 6.07) is 5.94. The molecule has 0 aliphatic carbocycles.